The Morgan fingerprint density at radius 2 is 1.82 bits per heavy atom. The number of carbonyl (C=O) groups excluding carboxylic acids is 2. The number of rotatable bonds is 8. The number of nitrogens with zero attached hydrogens (tertiary/aromatic N) is 2. The summed E-state index contributed by atoms with van der Waals surface area (Å²) in [5.41, 5.74) is 5.03. The van der Waals surface area contributed by atoms with Crippen molar-refractivity contribution in [3.63, 3.8) is 0 Å². The second kappa shape index (κ2) is 12.0. The Kier molecular flexibility index (Phi) is 8.25. The van der Waals surface area contributed by atoms with Gasteiger partial charge in [-0.3, -0.25) is 9.59 Å². The molecule has 5 rings (SSSR count). The van der Waals surface area contributed by atoms with Crippen LogP contribution in [-0.4, -0.2) is 38.7 Å². The van der Waals surface area contributed by atoms with Crippen LogP contribution in [0.15, 0.2) is 79.1 Å². The molecule has 1 saturated heterocycles. The van der Waals surface area contributed by atoms with Crippen LogP contribution in [0.25, 0.3) is 11.0 Å². The van der Waals surface area contributed by atoms with Crippen molar-refractivity contribution in [2.75, 3.05) is 5.32 Å². The fourth-order valence-electron chi connectivity index (χ4n) is 4.99. The predicted molar refractivity (Wildman–Crippen MR) is 149 cm³/mol. The van der Waals surface area contributed by atoms with E-state index in [1.807, 2.05) is 67.0 Å². The summed E-state index contributed by atoms with van der Waals surface area (Å²) < 4.78 is 20.2. The normalized spacial score (nSPS) is 21.6. The molecule has 5 atom stereocenters. The summed E-state index contributed by atoms with van der Waals surface area (Å²) in [6, 6.07) is 23.0. The zero-order chi connectivity index (χ0) is 28.2. The van der Waals surface area contributed by atoms with Crippen LogP contribution in [0.5, 0.6) is 0 Å². The van der Waals surface area contributed by atoms with E-state index in [0.717, 1.165) is 27.7 Å². The molecule has 0 aliphatic carbocycles. The summed E-state index contributed by atoms with van der Waals surface area (Å²) >= 11 is 0. The van der Waals surface area contributed by atoms with Crippen LogP contribution >= 0.6 is 0 Å². The number of aliphatic hydroxyl groups excluding tert-OH is 1. The molecule has 9 nitrogen and oxygen atoms in total. The molecule has 0 spiro atoms. The maximum atomic E-state index is 12.5. The molecule has 1 fully saturated rings. The van der Waals surface area contributed by atoms with Gasteiger partial charge in [0.2, 0.25) is 0 Å². The molecule has 0 bridgehead atoms. The number of fused-ring (bicyclic) bond motifs is 1. The first kappa shape index (κ1) is 27.5. The number of aromatic nitrogens is 2. The molecule has 9 heteroatoms. The molecule has 1 aliphatic heterocycles. The standard InChI is InChI=1S/C31H33N3O6/c1-19-28(16-34-18-32-26-9-4-5-10-27(26)34)39-31(40-29(19)23-13-11-22(17-35)12-14-23)24-7-6-8-25(15-24)33-30(37)20(2)38-21(3)36/h4-15,18-20,28-29,31,35H,16-17H2,1-3H3,(H,33,37)/t19-,20-,28+,29+,31?/m0/s1. The molecule has 3 aromatic carbocycles. The smallest absolute Gasteiger partial charge is 0.303 e. The van der Waals surface area contributed by atoms with Crippen LogP contribution in [0.2, 0.25) is 0 Å². The molecule has 2 heterocycles. The third-order valence-corrected chi connectivity index (χ3v) is 7.17. The number of amides is 1. The van der Waals surface area contributed by atoms with E-state index in [4.69, 9.17) is 14.2 Å². The SMILES string of the molecule is CC(=O)O[C@@H](C)C(=O)Nc1cccc(C2O[C@H](Cn3cnc4ccccc43)[C@H](C)[C@H](c3ccc(CO)cc3)O2)c1. The van der Waals surface area contributed by atoms with Gasteiger partial charge < -0.3 is 29.2 Å². The lowest BCUT2D eigenvalue weighted by atomic mass is 9.90. The number of ether oxygens (including phenoxy) is 3. The summed E-state index contributed by atoms with van der Waals surface area (Å²) in [5, 5.41) is 12.3. The molecule has 0 radical (unpaired) electrons. The molecule has 208 valence electrons. The fourth-order valence-corrected chi connectivity index (χ4v) is 4.99. The van der Waals surface area contributed by atoms with Crippen LogP contribution in [0.3, 0.4) is 0 Å². The van der Waals surface area contributed by atoms with E-state index in [1.165, 1.54) is 13.8 Å². The minimum Gasteiger partial charge on any atom is -0.453 e. The number of hydrogen-bond acceptors (Lipinski definition) is 7. The number of para-hydroxylation sites is 2. The van der Waals surface area contributed by atoms with Gasteiger partial charge in [0.05, 0.1) is 42.7 Å². The van der Waals surface area contributed by atoms with Crippen LogP contribution < -0.4 is 5.32 Å². The van der Waals surface area contributed by atoms with E-state index >= 15 is 0 Å². The fraction of sp³-hybridized carbons (Fsp3) is 0.323. The first-order valence-corrected chi connectivity index (χ1v) is 13.3. The number of imidazole rings is 1. The van der Waals surface area contributed by atoms with Crippen LogP contribution in [-0.2, 0) is 37.0 Å². The highest BCUT2D eigenvalue weighted by Crippen LogP contribution is 2.42. The van der Waals surface area contributed by atoms with Crippen molar-refractivity contribution in [2.45, 2.75) is 58.5 Å². The van der Waals surface area contributed by atoms with Crippen molar-refractivity contribution >= 4 is 28.6 Å². The van der Waals surface area contributed by atoms with Gasteiger partial charge in [-0.15, -0.1) is 0 Å². The second-order valence-corrected chi connectivity index (χ2v) is 10.1. The lowest BCUT2D eigenvalue weighted by Gasteiger charge is -2.41. The summed E-state index contributed by atoms with van der Waals surface area (Å²) in [7, 11) is 0. The van der Waals surface area contributed by atoms with Crippen molar-refractivity contribution in [1.29, 1.82) is 0 Å². The highest BCUT2D eigenvalue weighted by Gasteiger charge is 2.38. The van der Waals surface area contributed by atoms with Gasteiger partial charge in [-0.25, -0.2) is 4.98 Å². The first-order valence-electron chi connectivity index (χ1n) is 13.3. The zero-order valence-electron chi connectivity index (χ0n) is 22.7. The Morgan fingerprint density at radius 3 is 2.58 bits per heavy atom. The largest absolute Gasteiger partial charge is 0.453 e. The molecular formula is C31H33N3O6. The molecule has 2 N–H and O–H groups in total. The van der Waals surface area contributed by atoms with E-state index < -0.39 is 24.3 Å². The van der Waals surface area contributed by atoms with Gasteiger partial charge >= 0.3 is 5.97 Å². The van der Waals surface area contributed by atoms with Gasteiger partial charge in [0, 0.05) is 24.1 Å². The van der Waals surface area contributed by atoms with Crippen molar-refractivity contribution in [2.24, 2.45) is 5.92 Å². The molecule has 4 aromatic rings. The molecule has 1 unspecified atom stereocenters. The Balaban J connectivity index is 1.43. The number of esters is 1. The van der Waals surface area contributed by atoms with Crippen molar-refractivity contribution in [1.82, 2.24) is 9.55 Å². The number of nitrogens with one attached hydrogen (secondary N) is 1. The minimum atomic E-state index is -0.926. The number of benzene rings is 3. The monoisotopic (exact) mass is 543 g/mol. The van der Waals surface area contributed by atoms with Crippen LogP contribution in [0, 0.1) is 5.92 Å². The predicted octanol–water partition coefficient (Wildman–Crippen LogP) is 4.91. The summed E-state index contributed by atoms with van der Waals surface area (Å²) in [6.45, 7) is 5.44. The van der Waals surface area contributed by atoms with E-state index in [9.17, 15) is 14.7 Å². The Hall–Kier alpha value is -4.05. The maximum absolute atomic E-state index is 12.5. The number of aliphatic hydroxyl groups is 1. The van der Waals surface area contributed by atoms with Crippen molar-refractivity contribution in [3.8, 4) is 0 Å². The summed E-state index contributed by atoms with van der Waals surface area (Å²) in [5.74, 6) is -0.965. The quantitative estimate of drug-likeness (QED) is 0.304. The molecule has 1 aromatic heterocycles. The third-order valence-electron chi connectivity index (χ3n) is 7.17. The Morgan fingerprint density at radius 1 is 1.05 bits per heavy atom. The first-order chi connectivity index (χ1) is 19.3. The highest BCUT2D eigenvalue weighted by atomic mass is 16.7. The van der Waals surface area contributed by atoms with Crippen LogP contribution in [0.1, 0.15) is 49.9 Å². The van der Waals surface area contributed by atoms with E-state index in [0.29, 0.717) is 12.2 Å². The van der Waals surface area contributed by atoms with E-state index in [2.05, 4.69) is 21.8 Å². The molecule has 0 saturated carbocycles. The lowest BCUT2D eigenvalue weighted by molar-refractivity contribution is -0.276. The average Bonchev–Trinajstić information content (AvgIpc) is 3.36. The minimum absolute atomic E-state index is 0.00940. The third kappa shape index (κ3) is 6.07. The molecule has 1 amide bonds. The topological polar surface area (TPSA) is 112 Å². The Bertz CT molecular complexity index is 1480. The molecule has 40 heavy (non-hydrogen) atoms. The summed E-state index contributed by atoms with van der Waals surface area (Å²) in [4.78, 5) is 28.3. The van der Waals surface area contributed by atoms with Gasteiger partial charge in [-0.05, 0) is 42.3 Å². The average molecular weight is 544 g/mol. The van der Waals surface area contributed by atoms with Crippen molar-refractivity contribution in [3.05, 3.63) is 95.8 Å². The van der Waals surface area contributed by atoms with Crippen LogP contribution in [0.4, 0.5) is 5.69 Å². The maximum Gasteiger partial charge on any atom is 0.303 e. The Labute approximate surface area is 232 Å². The second-order valence-electron chi connectivity index (χ2n) is 10.1. The lowest BCUT2D eigenvalue weighted by Crippen LogP contribution is -2.39. The van der Waals surface area contributed by atoms with E-state index in [1.54, 1.807) is 12.1 Å². The zero-order valence-corrected chi connectivity index (χ0v) is 22.7. The van der Waals surface area contributed by atoms with Crippen molar-refractivity contribution < 1.29 is 28.9 Å². The van der Waals surface area contributed by atoms with Gasteiger partial charge in [-0.1, -0.05) is 55.5 Å². The molecule has 1 aliphatic rings. The summed E-state index contributed by atoms with van der Waals surface area (Å²) in [6.07, 6.45) is -0.308. The highest BCUT2D eigenvalue weighted by molar-refractivity contribution is 5.95. The van der Waals surface area contributed by atoms with Gasteiger partial charge in [0.15, 0.2) is 12.4 Å². The number of carbonyl (C=O) groups is 2. The van der Waals surface area contributed by atoms with Gasteiger partial charge in [0.25, 0.3) is 5.91 Å². The van der Waals surface area contributed by atoms with Gasteiger partial charge in [0.1, 0.15) is 0 Å². The number of hydrogen-bond donors (Lipinski definition) is 2. The number of anilines is 1. The van der Waals surface area contributed by atoms with Gasteiger partial charge in [-0.2, -0.15) is 0 Å². The van der Waals surface area contributed by atoms with E-state index in [-0.39, 0.29) is 24.7 Å². The molecular weight excluding hydrogens is 510 g/mol.